The molecule has 108 valence electrons. The third kappa shape index (κ3) is 3.50. The van der Waals surface area contributed by atoms with Gasteiger partial charge in [-0.25, -0.2) is 9.78 Å². The highest BCUT2D eigenvalue weighted by molar-refractivity contribution is 7.99. The number of thioether (sulfide) groups is 1. The molecule has 2 rings (SSSR count). The van der Waals surface area contributed by atoms with E-state index in [0.29, 0.717) is 10.8 Å². The molecule has 1 aromatic heterocycles. The molecule has 1 atom stereocenters. The van der Waals surface area contributed by atoms with Gasteiger partial charge >= 0.3 is 5.97 Å². The van der Waals surface area contributed by atoms with Crippen LogP contribution in [0.4, 0.5) is 0 Å². The molecule has 2 heterocycles. The molecule has 0 bridgehead atoms. The summed E-state index contributed by atoms with van der Waals surface area (Å²) in [6, 6.07) is 2.91. The van der Waals surface area contributed by atoms with Gasteiger partial charge in [0.2, 0.25) is 0 Å². The van der Waals surface area contributed by atoms with Crippen LogP contribution in [0.25, 0.3) is 0 Å². The molecule has 0 saturated carbocycles. The lowest BCUT2D eigenvalue weighted by molar-refractivity contribution is 0.0687. The average molecular weight is 294 g/mol. The van der Waals surface area contributed by atoms with Crippen molar-refractivity contribution < 1.29 is 14.7 Å². The maximum Gasteiger partial charge on any atom is 0.354 e. The van der Waals surface area contributed by atoms with E-state index in [0.717, 1.165) is 32.4 Å². The molecule has 1 fully saturated rings. The minimum atomic E-state index is -1.08. The predicted molar refractivity (Wildman–Crippen MR) is 78.3 cm³/mol. The van der Waals surface area contributed by atoms with Gasteiger partial charge in [0.1, 0.15) is 5.69 Å². The monoisotopic (exact) mass is 294 g/mol. The normalized spacial score (nSPS) is 19.4. The van der Waals surface area contributed by atoms with Crippen LogP contribution >= 0.6 is 11.8 Å². The standard InChI is InChI=1S/C14H18N2O3S/c1-20-11-4-2-3-7-16(9-11)13(17)10-5-6-12(14(18)19)15-8-10/h5-6,8,11H,2-4,7,9H2,1H3,(H,18,19). The van der Waals surface area contributed by atoms with Crippen molar-refractivity contribution in [3.05, 3.63) is 29.6 Å². The minimum absolute atomic E-state index is 0.0422. The highest BCUT2D eigenvalue weighted by Crippen LogP contribution is 2.21. The van der Waals surface area contributed by atoms with Crippen LogP contribution in [0.3, 0.4) is 0 Å². The lowest BCUT2D eigenvalue weighted by Gasteiger charge is -2.23. The molecule has 1 amide bonds. The zero-order valence-corrected chi connectivity index (χ0v) is 12.2. The number of pyridine rings is 1. The summed E-state index contributed by atoms with van der Waals surface area (Å²) in [6.07, 6.45) is 6.72. The first-order valence-electron chi connectivity index (χ1n) is 6.63. The summed E-state index contributed by atoms with van der Waals surface area (Å²) in [4.78, 5) is 28.8. The first-order valence-corrected chi connectivity index (χ1v) is 7.92. The quantitative estimate of drug-likeness (QED) is 0.925. The highest BCUT2D eigenvalue weighted by atomic mass is 32.2. The average Bonchev–Trinajstić information content (AvgIpc) is 2.72. The Balaban J connectivity index is 2.11. The molecule has 1 saturated heterocycles. The summed E-state index contributed by atoms with van der Waals surface area (Å²) in [5.74, 6) is -1.14. The van der Waals surface area contributed by atoms with Crippen LogP contribution in [-0.2, 0) is 0 Å². The number of aromatic nitrogens is 1. The van der Waals surface area contributed by atoms with E-state index in [2.05, 4.69) is 11.2 Å². The summed E-state index contributed by atoms with van der Waals surface area (Å²) in [7, 11) is 0. The summed E-state index contributed by atoms with van der Waals surface area (Å²) in [5, 5.41) is 9.29. The van der Waals surface area contributed by atoms with Gasteiger partial charge in [0.15, 0.2) is 0 Å². The van der Waals surface area contributed by atoms with Gasteiger partial charge < -0.3 is 10.0 Å². The molecule has 0 aliphatic carbocycles. The maximum atomic E-state index is 12.4. The van der Waals surface area contributed by atoms with Crippen molar-refractivity contribution in [3.8, 4) is 0 Å². The number of likely N-dealkylation sites (tertiary alicyclic amines) is 1. The summed E-state index contributed by atoms with van der Waals surface area (Å²) in [5.41, 5.74) is 0.413. The molecule has 1 unspecified atom stereocenters. The molecule has 1 N–H and O–H groups in total. The number of carbonyl (C=O) groups excluding carboxylic acids is 1. The van der Waals surface area contributed by atoms with Crippen LogP contribution < -0.4 is 0 Å². The molecule has 0 aromatic carbocycles. The van der Waals surface area contributed by atoms with Crippen molar-refractivity contribution in [2.45, 2.75) is 24.5 Å². The van der Waals surface area contributed by atoms with Gasteiger partial charge in [-0.3, -0.25) is 4.79 Å². The van der Waals surface area contributed by atoms with E-state index in [1.807, 2.05) is 4.90 Å². The second kappa shape index (κ2) is 6.74. The number of carboxylic acids is 1. The molecule has 5 nitrogen and oxygen atoms in total. The van der Waals surface area contributed by atoms with Gasteiger partial charge in [0.25, 0.3) is 5.91 Å². The van der Waals surface area contributed by atoms with Gasteiger partial charge in [-0.15, -0.1) is 0 Å². The fraction of sp³-hybridized carbons (Fsp3) is 0.500. The van der Waals surface area contributed by atoms with E-state index in [4.69, 9.17) is 5.11 Å². The van der Waals surface area contributed by atoms with Gasteiger partial charge in [-0.05, 0) is 31.2 Å². The Labute approximate surface area is 122 Å². The van der Waals surface area contributed by atoms with E-state index in [-0.39, 0.29) is 11.6 Å². The minimum Gasteiger partial charge on any atom is -0.477 e. The van der Waals surface area contributed by atoms with Crippen LogP contribution in [0, 0.1) is 0 Å². The van der Waals surface area contributed by atoms with E-state index in [9.17, 15) is 9.59 Å². The molecule has 1 aliphatic heterocycles. The zero-order chi connectivity index (χ0) is 14.5. The smallest absolute Gasteiger partial charge is 0.354 e. The van der Waals surface area contributed by atoms with Crippen LogP contribution in [-0.4, -0.2) is 51.5 Å². The molecular formula is C14H18N2O3S. The second-order valence-electron chi connectivity index (χ2n) is 4.84. The van der Waals surface area contributed by atoms with Crippen molar-refractivity contribution in [1.29, 1.82) is 0 Å². The van der Waals surface area contributed by atoms with Gasteiger partial charge in [0, 0.05) is 24.5 Å². The third-order valence-electron chi connectivity index (χ3n) is 3.48. The summed E-state index contributed by atoms with van der Waals surface area (Å²) in [6.45, 7) is 1.51. The molecule has 1 aromatic rings. The number of rotatable bonds is 3. The number of carboxylic acid groups (broad SMARTS) is 1. The van der Waals surface area contributed by atoms with Crippen LogP contribution in [0.15, 0.2) is 18.3 Å². The molecule has 1 aliphatic rings. The Morgan fingerprint density at radius 1 is 1.40 bits per heavy atom. The fourth-order valence-corrected chi connectivity index (χ4v) is 3.04. The third-order valence-corrected chi connectivity index (χ3v) is 4.53. The Hall–Kier alpha value is -1.56. The maximum absolute atomic E-state index is 12.4. The lowest BCUT2D eigenvalue weighted by Crippen LogP contribution is -2.35. The van der Waals surface area contributed by atoms with E-state index in [1.165, 1.54) is 18.3 Å². The van der Waals surface area contributed by atoms with Crippen molar-refractivity contribution in [2.75, 3.05) is 19.3 Å². The number of nitrogens with zero attached hydrogens (tertiary/aromatic N) is 2. The van der Waals surface area contributed by atoms with Gasteiger partial charge in [-0.2, -0.15) is 11.8 Å². The molecule has 6 heteroatoms. The number of hydrogen-bond donors (Lipinski definition) is 1. The largest absolute Gasteiger partial charge is 0.477 e. The zero-order valence-electron chi connectivity index (χ0n) is 11.4. The topological polar surface area (TPSA) is 70.5 Å². The Bertz CT molecular complexity index is 490. The summed E-state index contributed by atoms with van der Waals surface area (Å²) >= 11 is 1.79. The fourth-order valence-electron chi connectivity index (χ4n) is 2.31. The van der Waals surface area contributed by atoms with Crippen LogP contribution in [0.1, 0.15) is 40.1 Å². The molecule has 0 radical (unpaired) electrons. The Morgan fingerprint density at radius 2 is 2.20 bits per heavy atom. The first kappa shape index (κ1) is 14.8. The van der Waals surface area contributed by atoms with Crippen molar-refractivity contribution in [3.63, 3.8) is 0 Å². The van der Waals surface area contributed by atoms with E-state index < -0.39 is 5.97 Å². The molecule has 0 spiro atoms. The van der Waals surface area contributed by atoms with E-state index >= 15 is 0 Å². The van der Waals surface area contributed by atoms with Crippen molar-refractivity contribution in [2.24, 2.45) is 0 Å². The van der Waals surface area contributed by atoms with Crippen molar-refractivity contribution >= 4 is 23.6 Å². The van der Waals surface area contributed by atoms with Crippen molar-refractivity contribution in [1.82, 2.24) is 9.88 Å². The highest BCUT2D eigenvalue weighted by Gasteiger charge is 2.22. The second-order valence-corrected chi connectivity index (χ2v) is 5.98. The molecule has 20 heavy (non-hydrogen) atoms. The van der Waals surface area contributed by atoms with Gasteiger partial charge in [-0.1, -0.05) is 6.42 Å². The number of carbonyl (C=O) groups is 2. The number of amides is 1. The van der Waals surface area contributed by atoms with Crippen LogP contribution in [0.5, 0.6) is 0 Å². The Kier molecular flexibility index (Phi) is 5.00. The first-order chi connectivity index (χ1) is 9.61. The lowest BCUT2D eigenvalue weighted by atomic mass is 10.2. The Morgan fingerprint density at radius 3 is 2.80 bits per heavy atom. The number of aromatic carboxylic acids is 1. The summed E-state index contributed by atoms with van der Waals surface area (Å²) < 4.78 is 0. The predicted octanol–water partition coefficient (Wildman–Crippen LogP) is 2.14. The van der Waals surface area contributed by atoms with Crippen LogP contribution in [0.2, 0.25) is 0 Å². The van der Waals surface area contributed by atoms with E-state index in [1.54, 1.807) is 11.8 Å². The van der Waals surface area contributed by atoms with Gasteiger partial charge in [0.05, 0.1) is 5.56 Å². The number of hydrogen-bond acceptors (Lipinski definition) is 4. The molecular weight excluding hydrogens is 276 g/mol. The SMILES string of the molecule is CSC1CCCCN(C(=O)c2ccc(C(=O)O)nc2)C1.